The molecule has 0 saturated carbocycles. The molecule has 2 nitrogen and oxygen atoms in total. The molecule has 0 amide bonds. The summed E-state index contributed by atoms with van der Waals surface area (Å²) in [6, 6.07) is 10.2. The van der Waals surface area contributed by atoms with Gasteiger partial charge in [0.05, 0.1) is 6.10 Å². The second kappa shape index (κ2) is 6.92. The minimum absolute atomic E-state index is 0.0796. The molecule has 0 aliphatic rings. The highest BCUT2D eigenvalue weighted by Crippen LogP contribution is 2.34. The Labute approximate surface area is 129 Å². The Morgan fingerprint density at radius 2 is 1.90 bits per heavy atom. The fraction of sp³-hybridized carbons (Fsp3) is 0.294. The first-order chi connectivity index (χ1) is 10.0. The Hall–Kier alpha value is -1.58. The highest BCUT2D eigenvalue weighted by Gasteiger charge is 2.12. The van der Waals surface area contributed by atoms with Gasteiger partial charge in [0.1, 0.15) is 11.6 Å². The van der Waals surface area contributed by atoms with Gasteiger partial charge in [-0.25, -0.2) is 4.39 Å². The monoisotopic (exact) mass is 307 g/mol. The minimum Gasteiger partial charge on any atom is -0.491 e. The lowest BCUT2D eigenvalue weighted by Gasteiger charge is -2.15. The average Bonchev–Trinajstić information content (AvgIpc) is 2.43. The van der Waals surface area contributed by atoms with Gasteiger partial charge in [0.2, 0.25) is 0 Å². The second-order valence-electron chi connectivity index (χ2n) is 5.14. The maximum Gasteiger partial charge on any atom is 0.123 e. The van der Waals surface area contributed by atoms with Crippen LogP contribution in [0, 0.1) is 5.82 Å². The summed E-state index contributed by atoms with van der Waals surface area (Å²) in [5.41, 5.74) is 2.60. The van der Waals surface area contributed by atoms with E-state index in [1.807, 2.05) is 39.1 Å². The number of benzene rings is 2. The SMILES string of the molecule is CNCc1ccc(OC(C)C)cc1-c1cc(F)ccc1Cl. The molecule has 4 heteroatoms. The molecule has 0 unspecified atom stereocenters. The normalized spacial score (nSPS) is 11.0. The minimum atomic E-state index is -0.306. The lowest BCUT2D eigenvalue weighted by molar-refractivity contribution is 0.242. The van der Waals surface area contributed by atoms with Gasteiger partial charge in [0, 0.05) is 17.1 Å². The van der Waals surface area contributed by atoms with Gasteiger partial charge >= 0.3 is 0 Å². The van der Waals surface area contributed by atoms with Crippen LogP contribution >= 0.6 is 11.6 Å². The van der Waals surface area contributed by atoms with Crippen molar-refractivity contribution in [1.29, 1.82) is 0 Å². The first-order valence-corrected chi connectivity index (χ1v) is 7.28. The van der Waals surface area contributed by atoms with Gasteiger partial charge < -0.3 is 10.1 Å². The van der Waals surface area contributed by atoms with E-state index >= 15 is 0 Å². The van der Waals surface area contributed by atoms with Gasteiger partial charge in [-0.1, -0.05) is 17.7 Å². The van der Waals surface area contributed by atoms with Crippen molar-refractivity contribution in [3.8, 4) is 16.9 Å². The highest BCUT2D eigenvalue weighted by atomic mass is 35.5. The van der Waals surface area contributed by atoms with Crippen molar-refractivity contribution in [2.75, 3.05) is 7.05 Å². The van der Waals surface area contributed by atoms with Crippen LogP contribution in [0.5, 0.6) is 5.75 Å². The predicted molar refractivity (Wildman–Crippen MR) is 85.4 cm³/mol. The number of ether oxygens (including phenoxy) is 1. The van der Waals surface area contributed by atoms with E-state index in [2.05, 4.69) is 5.32 Å². The van der Waals surface area contributed by atoms with Crippen LogP contribution in [0.15, 0.2) is 36.4 Å². The Bertz CT molecular complexity index is 628. The van der Waals surface area contributed by atoms with Crippen molar-refractivity contribution < 1.29 is 9.13 Å². The van der Waals surface area contributed by atoms with Crippen LogP contribution in [0.3, 0.4) is 0 Å². The third-order valence-corrected chi connectivity index (χ3v) is 3.37. The molecular formula is C17H19ClFNO. The molecule has 0 aliphatic carbocycles. The van der Waals surface area contributed by atoms with Crippen molar-refractivity contribution in [1.82, 2.24) is 5.32 Å². The third-order valence-electron chi connectivity index (χ3n) is 3.04. The Morgan fingerprint density at radius 3 is 2.57 bits per heavy atom. The molecule has 2 aromatic carbocycles. The predicted octanol–water partition coefficient (Wildman–Crippen LogP) is 4.65. The molecule has 0 aliphatic heterocycles. The molecule has 2 aromatic rings. The van der Waals surface area contributed by atoms with E-state index in [0.29, 0.717) is 17.1 Å². The second-order valence-corrected chi connectivity index (χ2v) is 5.55. The summed E-state index contributed by atoms with van der Waals surface area (Å²) in [5.74, 6) is 0.445. The molecule has 1 N–H and O–H groups in total. The number of hydrogen-bond donors (Lipinski definition) is 1. The molecule has 0 radical (unpaired) electrons. The van der Waals surface area contributed by atoms with Crippen molar-refractivity contribution >= 4 is 11.6 Å². The van der Waals surface area contributed by atoms with Crippen LogP contribution in [0.4, 0.5) is 4.39 Å². The smallest absolute Gasteiger partial charge is 0.123 e. The standard InChI is InChI=1S/C17H19ClFNO/c1-11(2)21-14-6-4-12(10-20-3)15(9-14)16-8-13(19)5-7-17(16)18/h4-9,11,20H,10H2,1-3H3. The Morgan fingerprint density at radius 1 is 1.14 bits per heavy atom. The summed E-state index contributed by atoms with van der Waals surface area (Å²) in [6.07, 6.45) is 0.0796. The van der Waals surface area contributed by atoms with Gasteiger partial charge in [0.25, 0.3) is 0 Å². The molecule has 0 aromatic heterocycles. The first-order valence-electron chi connectivity index (χ1n) is 6.91. The summed E-state index contributed by atoms with van der Waals surface area (Å²) in [6.45, 7) is 4.61. The zero-order chi connectivity index (χ0) is 15.4. The molecule has 0 spiro atoms. The molecule has 0 atom stereocenters. The van der Waals surface area contributed by atoms with E-state index in [1.165, 1.54) is 12.1 Å². The van der Waals surface area contributed by atoms with Gasteiger partial charge in [-0.3, -0.25) is 0 Å². The van der Waals surface area contributed by atoms with Gasteiger partial charge in [0.15, 0.2) is 0 Å². The topological polar surface area (TPSA) is 21.3 Å². The average molecular weight is 308 g/mol. The summed E-state index contributed by atoms with van der Waals surface area (Å²) < 4.78 is 19.3. The van der Waals surface area contributed by atoms with Crippen molar-refractivity contribution in [2.45, 2.75) is 26.5 Å². The maximum atomic E-state index is 13.6. The van der Waals surface area contributed by atoms with E-state index in [1.54, 1.807) is 6.07 Å². The van der Waals surface area contributed by atoms with Crippen LogP contribution < -0.4 is 10.1 Å². The summed E-state index contributed by atoms with van der Waals surface area (Å²) >= 11 is 6.23. The van der Waals surface area contributed by atoms with Gasteiger partial charge in [-0.2, -0.15) is 0 Å². The molecule has 0 fully saturated rings. The first kappa shape index (κ1) is 15.8. The molecule has 21 heavy (non-hydrogen) atoms. The third kappa shape index (κ3) is 3.96. The van der Waals surface area contributed by atoms with Crippen molar-refractivity contribution in [3.05, 3.63) is 52.8 Å². The zero-order valence-corrected chi connectivity index (χ0v) is 13.2. The molecule has 0 heterocycles. The van der Waals surface area contributed by atoms with Crippen LogP contribution in [0.2, 0.25) is 5.02 Å². The fourth-order valence-electron chi connectivity index (χ4n) is 2.20. The van der Waals surface area contributed by atoms with Crippen LogP contribution in [-0.4, -0.2) is 13.2 Å². The number of hydrogen-bond acceptors (Lipinski definition) is 2. The van der Waals surface area contributed by atoms with E-state index < -0.39 is 0 Å². The van der Waals surface area contributed by atoms with E-state index in [4.69, 9.17) is 16.3 Å². The maximum absolute atomic E-state index is 13.6. The van der Waals surface area contributed by atoms with Gasteiger partial charge in [-0.15, -0.1) is 0 Å². The number of nitrogens with one attached hydrogen (secondary N) is 1. The summed E-state index contributed by atoms with van der Waals surface area (Å²) in [4.78, 5) is 0. The molecule has 0 saturated heterocycles. The van der Waals surface area contributed by atoms with E-state index in [-0.39, 0.29) is 11.9 Å². The largest absolute Gasteiger partial charge is 0.491 e. The summed E-state index contributed by atoms with van der Waals surface area (Å²) in [5, 5.41) is 3.63. The van der Waals surface area contributed by atoms with Gasteiger partial charge in [-0.05, 0) is 62.4 Å². The lowest BCUT2D eigenvalue weighted by Crippen LogP contribution is -2.08. The van der Waals surface area contributed by atoms with E-state index in [9.17, 15) is 4.39 Å². The molecule has 0 bridgehead atoms. The molecular weight excluding hydrogens is 289 g/mol. The number of rotatable bonds is 5. The molecule has 2 rings (SSSR count). The van der Waals surface area contributed by atoms with Crippen molar-refractivity contribution in [2.24, 2.45) is 0 Å². The van der Waals surface area contributed by atoms with E-state index in [0.717, 1.165) is 16.9 Å². The molecule has 112 valence electrons. The highest BCUT2D eigenvalue weighted by molar-refractivity contribution is 6.33. The summed E-state index contributed by atoms with van der Waals surface area (Å²) in [7, 11) is 1.87. The Balaban J connectivity index is 2.54. The lowest BCUT2D eigenvalue weighted by atomic mass is 9.99. The van der Waals surface area contributed by atoms with Crippen LogP contribution in [0.25, 0.3) is 11.1 Å². The fourth-order valence-corrected chi connectivity index (χ4v) is 2.42. The van der Waals surface area contributed by atoms with Crippen LogP contribution in [-0.2, 0) is 6.54 Å². The van der Waals surface area contributed by atoms with Crippen LogP contribution in [0.1, 0.15) is 19.4 Å². The number of halogens is 2. The zero-order valence-electron chi connectivity index (χ0n) is 12.4. The Kier molecular flexibility index (Phi) is 5.21. The van der Waals surface area contributed by atoms with Crippen molar-refractivity contribution in [3.63, 3.8) is 0 Å². The quantitative estimate of drug-likeness (QED) is 0.868.